The maximum absolute atomic E-state index is 10.1. The van der Waals surface area contributed by atoms with Gasteiger partial charge in [-0.3, -0.25) is 0 Å². The molecule has 1 heterocycles. The Morgan fingerprint density at radius 2 is 1.93 bits per heavy atom. The van der Waals surface area contributed by atoms with Gasteiger partial charge in [-0.15, -0.1) is 0 Å². The van der Waals surface area contributed by atoms with Gasteiger partial charge in [-0.05, 0) is 0 Å². The van der Waals surface area contributed by atoms with Gasteiger partial charge in [0.2, 0.25) is 0 Å². The van der Waals surface area contributed by atoms with E-state index in [9.17, 15) is 24.6 Å². The van der Waals surface area contributed by atoms with Crippen LogP contribution in [0, 0.1) is 0 Å². The van der Waals surface area contributed by atoms with Crippen LogP contribution >= 0.6 is 7.82 Å². The molecule has 0 aliphatic carbocycles. The van der Waals surface area contributed by atoms with Crippen molar-refractivity contribution in [2.75, 3.05) is 13.2 Å². The Kier molecular flexibility index (Phi) is 4.21. The summed E-state index contributed by atoms with van der Waals surface area (Å²) in [5.74, 6) is 0. The van der Waals surface area contributed by atoms with E-state index < -0.39 is 38.8 Å². The fraction of sp³-hybridized carbons (Fsp3) is 1.00. The van der Waals surface area contributed by atoms with Crippen molar-refractivity contribution in [1.82, 2.24) is 0 Å². The smallest absolute Gasteiger partial charge is 0.111 e. The number of aliphatic hydroxyl groups excluding tert-OH is 3. The third kappa shape index (κ3) is 3.78. The Hall–Kier alpha value is -0.0500. The van der Waals surface area contributed by atoms with Crippen LogP contribution in [0.15, 0.2) is 0 Å². The van der Waals surface area contributed by atoms with Crippen LogP contribution in [0.2, 0.25) is 0 Å². The number of hydrogen-bond acceptors (Lipinski definition) is 8. The number of hydrogen-bond donors (Lipinski definition) is 3. The second-order valence-corrected chi connectivity index (χ2v) is 4.32. The summed E-state index contributed by atoms with van der Waals surface area (Å²) in [6.07, 6.45) is -5.35. The first kappa shape index (κ1) is 13.0. The second kappa shape index (κ2) is 4.86. The molecule has 0 aromatic heterocycles. The molecule has 1 aliphatic heterocycles. The molecule has 0 saturated carbocycles. The molecule has 1 aliphatic rings. The van der Waals surface area contributed by atoms with Crippen LogP contribution in [0.25, 0.3) is 0 Å². The van der Waals surface area contributed by atoms with Gasteiger partial charge in [0.15, 0.2) is 0 Å². The summed E-state index contributed by atoms with van der Waals surface area (Å²) in [4.78, 5) is 20.3. The van der Waals surface area contributed by atoms with Crippen LogP contribution in [0.3, 0.4) is 0 Å². The molecule has 8 nitrogen and oxygen atoms in total. The molecule has 0 aromatic rings. The molecule has 0 spiro atoms. The molecule has 15 heavy (non-hydrogen) atoms. The maximum Gasteiger partial charge on any atom is 0.111 e. The number of aliphatic hydroxyl groups is 3. The lowest BCUT2D eigenvalue weighted by Gasteiger charge is -2.37. The highest BCUT2D eigenvalue weighted by Gasteiger charge is 2.37. The first-order valence-electron chi connectivity index (χ1n) is 4.13. The van der Waals surface area contributed by atoms with E-state index in [2.05, 4.69) is 4.52 Å². The minimum Gasteiger partial charge on any atom is -0.790 e. The summed E-state index contributed by atoms with van der Waals surface area (Å²) in [6.45, 7) is -0.955. The van der Waals surface area contributed by atoms with Crippen molar-refractivity contribution < 1.29 is 38.9 Å². The number of phosphoric acid groups is 1. The largest absolute Gasteiger partial charge is 0.790 e. The second-order valence-electron chi connectivity index (χ2n) is 3.16. The Labute approximate surface area is 85.3 Å². The predicted octanol–water partition coefficient (Wildman–Crippen LogP) is -3.69. The summed E-state index contributed by atoms with van der Waals surface area (Å²) in [5, 5.41) is 27.5. The van der Waals surface area contributed by atoms with Crippen molar-refractivity contribution in [2.45, 2.75) is 24.4 Å². The first-order chi connectivity index (χ1) is 6.81. The molecule has 9 heteroatoms. The fourth-order valence-electron chi connectivity index (χ4n) is 1.18. The first-order valence-corrected chi connectivity index (χ1v) is 5.60. The third-order valence-corrected chi connectivity index (χ3v) is 2.47. The third-order valence-electron chi connectivity index (χ3n) is 2.00. The SMILES string of the molecule is O=P([O-])([O-])OC[C@H]1OC[C@H](O)[C@@H](O)[C@@H]1O. The van der Waals surface area contributed by atoms with Gasteiger partial charge in [0.1, 0.15) is 24.4 Å². The van der Waals surface area contributed by atoms with Gasteiger partial charge >= 0.3 is 0 Å². The van der Waals surface area contributed by atoms with E-state index in [4.69, 9.17) is 9.84 Å². The van der Waals surface area contributed by atoms with E-state index >= 15 is 0 Å². The van der Waals surface area contributed by atoms with Crippen LogP contribution in [0.4, 0.5) is 0 Å². The normalized spacial score (nSPS) is 37.9. The van der Waals surface area contributed by atoms with Crippen LogP contribution in [-0.2, 0) is 13.8 Å². The van der Waals surface area contributed by atoms with E-state index in [1.165, 1.54) is 0 Å². The quantitative estimate of drug-likeness (QED) is 0.429. The lowest BCUT2D eigenvalue weighted by molar-refractivity contribution is -0.344. The molecule has 90 valence electrons. The molecule has 4 atom stereocenters. The fourth-order valence-corrected chi connectivity index (χ4v) is 1.51. The van der Waals surface area contributed by atoms with Crippen molar-refractivity contribution in [3.8, 4) is 0 Å². The van der Waals surface area contributed by atoms with E-state index in [1.807, 2.05) is 0 Å². The molecule has 0 aromatic carbocycles. The van der Waals surface area contributed by atoms with Gasteiger partial charge in [-0.2, -0.15) is 0 Å². The van der Waals surface area contributed by atoms with Crippen LogP contribution in [0.5, 0.6) is 0 Å². The molecule has 0 amide bonds. The molecule has 0 bridgehead atoms. The Bertz CT molecular complexity index is 252. The predicted molar refractivity (Wildman–Crippen MR) is 41.3 cm³/mol. The summed E-state index contributed by atoms with van der Waals surface area (Å²) in [5.41, 5.74) is 0. The Balaban J connectivity index is 2.46. The zero-order valence-electron chi connectivity index (χ0n) is 7.55. The highest BCUT2D eigenvalue weighted by Crippen LogP contribution is 2.26. The zero-order valence-corrected chi connectivity index (χ0v) is 8.45. The van der Waals surface area contributed by atoms with Gasteiger partial charge in [-0.25, -0.2) is 0 Å². The molecular weight excluding hydrogens is 231 g/mol. The van der Waals surface area contributed by atoms with Gasteiger partial charge in [-0.1, -0.05) is 0 Å². The van der Waals surface area contributed by atoms with Crippen LogP contribution in [-0.4, -0.2) is 52.9 Å². The molecule has 3 N–H and O–H groups in total. The van der Waals surface area contributed by atoms with Crippen LogP contribution < -0.4 is 9.79 Å². The molecule has 0 radical (unpaired) electrons. The van der Waals surface area contributed by atoms with E-state index in [1.54, 1.807) is 0 Å². The molecular formula is C6H11O8P-2. The van der Waals surface area contributed by atoms with E-state index in [-0.39, 0.29) is 6.61 Å². The van der Waals surface area contributed by atoms with Crippen molar-refractivity contribution >= 4 is 7.82 Å². The van der Waals surface area contributed by atoms with Crippen LogP contribution in [0.1, 0.15) is 0 Å². The standard InChI is InChI=1S/C6H13O8P/c7-3-1-13-4(6(9)5(3)8)2-14-15(10,11)12/h3-9H,1-2H2,(H2,10,11,12)/p-2/t3-,4+,5+,6+/m0/s1. The van der Waals surface area contributed by atoms with Gasteiger partial charge < -0.3 is 38.9 Å². The van der Waals surface area contributed by atoms with Crippen molar-refractivity contribution in [3.63, 3.8) is 0 Å². The lowest BCUT2D eigenvalue weighted by atomic mass is 10.0. The number of phosphoric ester groups is 1. The highest BCUT2D eigenvalue weighted by atomic mass is 31.2. The molecule has 1 fully saturated rings. The Morgan fingerprint density at radius 3 is 2.47 bits per heavy atom. The topological polar surface area (TPSA) is 142 Å². The summed E-state index contributed by atoms with van der Waals surface area (Å²) in [6, 6.07) is 0. The average molecular weight is 242 g/mol. The summed E-state index contributed by atoms with van der Waals surface area (Å²) >= 11 is 0. The number of ether oxygens (including phenoxy) is 1. The van der Waals surface area contributed by atoms with Crippen molar-refractivity contribution in [1.29, 1.82) is 0 Å². The summed E-state index contributed by atoms with van der Waals surface area (Å²) in [7, 11) is -5.13. The Morgan fingerprint density at radius 1 is 1.33 bits per heavy atom. The van der Waals surface area contributed by atoms with Gasteiger partial charge in [0.25, 0.3) is 0 Å². The average Bonchev–Trinajstić information content (AvgIpc) is 2.12. The zero-order chi connectivity index (χ0) is 11.6. The molecule has 1 saturated heterocycles. The maximum atomic E-state index is 10.1. The molecule has 1 rings (SSSR count). The van der Waals surface area contributed by atoms with Crippen molar-refractivity contribution in [3.05, 3.63) is 0 Å². The van der Waals surface area contributed by atoms with E-state index in [0.717, 1.165) is 0 Å². The number of rotatable bonds is 3. The summed E-state index contributed by atoms with van der Waals surface area (Å²) < 4.78 is 18.8. The monoisotopic (exact) mass is 242 g/mol. The lowest BCUT2D eigenvalue weighted by Crippen LogP contribution is -2.54. The van der Waals surface area contributed by atoms with Gasteiger partial charge in [0.05, 0.1) is 21.0 Å². The highest BCUT2D eigenvalue weighted by molar-refractivity contribution is 7.43. The van der Waals surface area contributed by atoms with E-state index in [0.29, 0.717) is 0 Å². The van der Waals surface area contributed by atoms with Crippen molar-refractivity contribution in [2.24, 2.45) is 0 Å². The molecule has 0 unspecified atom stereocenters. The minimum absolute atomic E-state index is 0.270. The van der Waals surface area contributed by atoms with Gasteiger partial charge in [0, 0.05) is 0 Å². The minimum atomic E-state index is -5.13.